The Hall–Kier alpha value is -3.37. The first kappa shape index (κ1) is 16.8. The molecule has 134 valence electrons. The first-order valence-corrected chi connectivity index (χ1v) is 9.91. The number of para-hydroxylation sites is 1. The number of rotatable bonds is 3. The highest BCUT2D eigenvalue weighted by Gasteiger charge is 2.09. The van der Waals surface area contributed by atoms with Crippen LogP contribution in [0.1, 0.15) is 5.56 Å². The Kier molecular flexibility index (Phi) is 4.18. The SMILES string of the molecule is Cc1cc(-c2cccnc2)cc(-c2cncc(-c3nc4ccccc4s3)c2)c1. The number of aryl methyl sites for hydroxylation is 1. The molecule has 28 heavy (non-hydrogen) atoms. The van der Waals surface area contributed by atoms with Gasteiger partial charge in [-0.3, -0.25) is 9.97 Å². The minimum Gasteiger partial charge on any atom is -0.264 e. The van der Waals surface area contributed by atoms with Gasteiger partial charge in [-0.1, -0.05) is 30.3 Å². The van der Waals surface area contributed by atoms with Crippen molar-refractivity contribution in [2.75, 3.05) is 0 Å². The summed E-state index contributed by atoms with van der Waals surface area (Å²) in [4.78, 5) is 13.5. The Balaban J connectivity index is 1.59. The van der Waals surface area contributed by atoms with Crippen molar-refractivity contribution in [3.8, 4) is 32.8 Å². The summed E-state index contributed by atoms with van der Waals surface area (Å²) in [7, 11) is 0. The monoisotopic (exact) mass is 379 g/mol. The van der Waals surface area contributed by atoms with E-state index < -0.39 is 0 Å². The molecule has 3 aromatic heterocycles. The number of aromatic nitrogens is 3. The van der Waals surface area contributed by atoms with Crippen LogP contribution in [-0.2, 0) is 0 Å². The van der Waals surface area contributed by atoms with Crippen molar-refractivity contribution in [2.24, 2.45) is 0 Å². The molecule has 0 atom stereocenters. The fourth-order valence-corrected chi connectivity index (χ4v) is 4.31. The second kappa shape index (κ2) is 6.98. The molecule has 0 fully saturated rings. The molecule has 0 radical (unpaired) electrons. The lowest BCUT2D eigenvalue weighted by molar-refractivity contribution is 1.31. The topological polar surface area (TPSA) is 38.7 Å². The largest absolute Gasteiger partial charge is 0.264 e. The van der Waals surface area contributed by atoms with E-state index in [0.29, 0.717) is 0 Å². The average Bonchev–Trinajstić information content (AvgIpc) is 3.18. The Bertz CT molecular complexity index is 1240. The Morgan fingerprint density at radius 2 is 1.43 bits per heavy atom. The van der Waals surface area contributed by atoms with Crippen molar-refractivity contribution in [3.05, 3.63) is 91.0 Å². The maximum absolute atomic E-state index is 4.77. The van der Waals surface area contributed by atoms with E-state index in [1.54, 1.807) is 17.5 Å². The minimum absolute atomic E-state index is 0.996. The molecule has 3 nitrogen and oxygen atoms in total. The fourth-order valence-electron chi connectivity index (χ4n) is 3.36. The lowest BCUT2D eigenvalue weighted by Crippen LogP contribution is -1.87. The summed E-state index contributed by atoms with van der Waals surface area (Å²) in [5.74, 6) is 0. The first-order valence-electron chi connectivity index (χ1n) is 9.10. The van der Waals surface area contributed by atoms with Crippen LogP contribution in [0.25, 0.3) is 43.0 Å². The number of nitrogens with zero attached hydrogens (tertiary/aromatic N) is 3. The van der Waals surface area contributed by atoms with Gasteiger partial charge in [0, 0.05) is 41.5 Å². The Morgan fingerprint density at radius 3 is 2.25 bits per heavy atom. The fraction of sp³-hybridized carbons (Fsp3) is 0.0417. The predicted molar refractivity (Wildman–Crippen MR) is 116 cm³/mol. The van der Waals surface area contributed by atoms with Gasteiger partial charge < -0.3 is 0 Å². The van der Waals surface area contributed by atoms with Crippen LogP contribution in [0, 0.1) is 6.92 Å². The van der Waals surface area contributed by atoms with Gasteiger partial charge in [0.05, 0.1) is 10.2 Å². The van der Waals surface area contributed by atoms with E-state index in [1.165, 1.54) is 10.3 Å². The molecule has 3 heterocycles. The molecule has 0 unspecified atom stereocenters. The second-order valence-corrected chi connectivity index (χ2v) is 7.81. The zero-order valence-corrected chi connectivity index (χ0v) is 16.1. The lowest BCUT2D eigenvalue weighted by atomic mass is 9.97. The van der Waals surface area contributed by atoms with Crippen LogP contribution in [-0.4, -0.2) is 15.0 Å². The molecule has 0 aliphatic carbocycles. The summed E-state index contributed by atoms with van der Waals surface area (Å²) in [5.41, 5.74) is 7.79. The maximum Gasteiger partial charge on any atom is 0.126 e. The van der Waals surface area contributed by atoms with Gasteiger partial charge in [0.15, 0.2) is 0 Å². The van der Waals surface area contributed by atoms with E-state index in [2.05, 4.69) is 53.3 Å². The van der Waals surface area contributed by atoms with Gasteiger partial charge in [-0.15, -0.1) is 11.3 Å². The number of thiazole rings is 1. The van der Waals surface area contributed by atoms with Gasteiger partial charge in [-0.05, 0) is 53.9 Å². The van der Waals surface area contributed by atoms with Gasteiger partial charge >= 0.3 is 0 Å². The molecular weight excluding hydrogens is 362 g/mol. The number of benzene rings is 2. The van der Waals surface area contributed by atoms with E-state index in [0.717, 1.165) is 38.3 Å². The standard InChI is InChI=1S/C24H17N3S/c1-16-9-18(17-5-4-8-25-13-17)11-19(10-16)20-12-21(15-26-14-20)24-27-22-6-2-3-7-23(22)28-24/h2-15H,1H3. The van der Waals surface area contributed by atoms with Crippen LogP contribution in [0.15, 0.2) is 85.5 Å². The molecule has 0 bridgehead atoms. The third kappa shape index (κ3) is 3.19. The number of hydrogen-bond acceptors (Lipinski definition) is 4. The smallest absolute Gasteiger partial charge is 0.126 e. The molecule has 0 spiro atoms. The molecule has 0 aliphatic rings. The molecule has 0 aliphatic heterocycles. The molecule has 0 saturated carbocycles. The molecule has 5 aromatic rings. The molecular formula is C24H17N3S. The van der Waals surface area contributed by atoms with Crippen molar-refractivity contribution in [2.45, 2.75) is 6.92 Å². The van der Waals surface area contributed by atoms with E-state index >= 15 is 0 Å². The molecule has 4 heteroatoms. The maximum atomic E-state index is 4.77. The summed E-state index contributed by atoms with van der Waals surface area (Å²) in [6.45, 7) is 2.12. The van der Waals surface area contributed by atoms with E-state index in [-0.39, 0.29) is 0 Å². The quantitative estimate of drug-likeness (QED) is 0.364. The minimum atomic E-state index is 0.996. The lowest BCUT2D eigenvalue weighted by Gasteiger charge is -2.09. The molecule has 2 aromatic carbocycles. The van der Waals surface area contributed by atoms with E-state index in [1.807, 2.05) is 42.9 Å². The van der Waals surface area contributed by atoms with Crippen LogP contribution in [0.4, 0.5) is 0 Å². The normalized spacial score (nSPS) is 11.0. The predicted octanol–water partition coefficient (Wildman–Crippen LogP) is 6.40. The summed E-state index contributed by atoms with van der Waals surface area (Å²) in [6.07, 6.45) is 7.50. The van der Waals surface area contributed by atoms with Gasteiger partial charge in [0.1, 0.15) is 5.01 Å². The molecule has 0 saturated heterocycles. The summed E-state index contributed by atoms with van der Waals surface area (Å²) in [5, 5.41) is 0.996. The summed E-state index contributed by atoms with van der Waals surface area (Å²) >= 11 is 1.70. The van der Waals surface area contributed by atoms with Gasteiger partial charge in [0.2, 0.25) is 0 Å². The van der Waals surface area contributed by atoms with Gasteiger partial charge in [0.25, 0.3) is 0 Å². The zero-order chi connectivity index (χ0) is 18.9. The van der Waals surface area contributed by atoms with Crippen LogP contribution < -0.4 is 0 Å². The van der Waals surface area contributed by atoms with Crippen LogP contribution in [0.2, 0.25) is 0 Å². The molecule has 0 N–H and O–H groups in total. The highest BCUT2D eigenvalue weighted by Crippen LogP contribution is 2.33. The van der Waals surface area contributed by atoms with Gasteiger partial charge in [-0.25, -0.2) is 4.98 Å². The third-order valence-corrected chi connectivity index (χ3v) is 5.77. The van der Waals surface area contributed by atoms with Crippen molar-refractivity contribution < 1.29 is 0 Å². The second-order valence-electron chi connectivity index (χ2n) is 6.78. The average molecular weight is 379 g/mol. The number of pyridine rings is 2. The van der Waals surface area contributed by atoms with Crippen LogP contribution in [0.5, 0.6) is 0 Å². The van der Waals surface area contributed by atoms with Crippen molar-refractivity contribution in [1.29, 1.82) is 0 Å². The highest BCUT2D eigenvalue weighted by molar-refractivity contribution is 7.21. The zero-order valence-electron chi connectivity index (χ0n) is 15.3. The molecule has 0 amide bonds. The number of fused-ring (bicyclic) bond motifs is 1. The molecule has 5 rings (SSSR count). The Labute approximate surface area is 167 Å². The van der Waals surface area contributed by atoms with Crippen molar-refractivity contribution in [1.82, 2.24) is 15.0 Å². The third-order valence-electron chi connectivity index (χ3n) is 4.68. The van der Waals surface area contributed by atoms with Crippen LogP contribution >= 0.6 is 11.3 Å². The van der Waals surface area contributed by atoms with Crippen molar-refractivity contribution >= 4 is 21.6 Å². The highest BCUT2D eigenvalue weighted by atomic mass is 32.1. The summed E-state index contributed by atoms with van der Waals surface area (Å²) in [6, 6.07) is 21.0. The first-order chi connectivity index (χ1) is 13.8. The number of hydrogen-bond donors (Lipinski definition) is 0. The van der Waals surface area contributed by atoms with Crippen molar-refractivity contribution in [3.63, 3.8) is 0 Å². The van der Waals surface area contributed by atoms with Crippen LogP contribution in [0.3, 0.4) is 0 Å². The van der Waals surface area contributed by atoms with E-state index in [9.17, 15) is 0 Å². The van der Waals surface area contributed by atoms with E-state index in [4.69, 9.17) is 4.98 Å². The van der Waals surface area contributed by atoms with Gasteiger partial charge in [-0.2, -0.15) is 0 Å². The summed E-state index contributed by atoms with van der Waals surface area (Å²) < 4.78 is 1.19. The Morgan fingerprint density at radius 1 is 0.679 bits per heavy atom.